The summed E-state index contributed by atoms with van der Waals surface area (Å²) >= 11 is 7.81. The number of halogens is 1. The summed E-state index contributed by atoms with van der Waals surface area (Å²) in [6.07, 6.45) is 0. The van der Waals surface area contributed by atoms with Gasteiger partial charge in [0.15, 0.2) is 5.60 Å². The molecule has 23 heavy (non-hydrogen) atoms. The largest absolute Gasteiger partial charge is 0.384 e. The molecular formula is C18H19ClN2OS. The minimum absolute atomic E-state index is 0.00807. The smallest absolute Gasteiger partial charge is 0.175 e. The molecule has 0 aliphatic carbocycles. The van der Waals surface area contributed by atoms with Crippen molar-refractivity contribution >= 4 is 34.9 Å². The van der Waals surface area contributed by atoms with Gasteiger partial charge in [-0.2, -0.15) is 0 Å². The van der Waals surface area contributed by atoms with Crippen molar-refractivity contribution in [3.63, 3.8) is 0 Å². The van der Waals surface area contributed by atoms with Crippen LogP contribution in [0.3, 0.4) is 0 Å². The average Bonchev–Trinajstić information content (AvgIpc) is 2.71. The molecule has 3 rings (SSSR count). The first-order valence-electron chi connectivity index (χ1n) is 7.37. The lowest BCUT2D eigenvalue weighted by Gasteiger charge is -2.29. The zero-order valence-electron chi connectivity index (χ0n) is 13.3. The zero-order valence-corrected chi connectivity index (χ0v) is 14.9. The lowest BCUT2D eigenvalue weighted by molar-refractivity contribution is 0.155. The van der Waals surface area contributed by atoms with Crippen LogP contribution in [0.4, 0.5) is 5.69 Å². The van der Waals surface area contributed by atoms with Crippen LogP contribution in [0, 0.1) is 0 Å². The summed E-state index contributed by atoms with van der Waals surface area (Å²) in [5.41, 5.74) is 6.70. The highest BCUT2D eigenvalue weighted by molar-refractivity contribution is 8.00. The predicted molar refractivity (Wildman–Crippen MR) is 97.8 cm³/mol. The lowest BCUT2D eigenvalue weighted by atomic mass is 9.86. The van der Waals surface area contributed by atoms with Gasteiger partial charge in [0, 0.05) is 25.8 Å². The molecule has 0 saturated carbocycles. The van der Waals surface area contributed by atoms with Crippen LogP contribution in [0.2, 0.25) is 5.02 Å². The molecule has 120 valence electrons. The number of aliphatic imine (C=N–C) groups is 1. The Balaban J connectivity index is 2.20. The Kier molecular flexibility index (Phi) is 3.95. The van der Waals surface area contributed by atoms with Crippen LogP contribution in [0.1, 0.15) is 31.9 Å². The van der Waals surface area contributed by atoms with E-state index in [4.69, 9.17) is 17.3 Å². The maximum Gasteiger partial charge on any atom is 0.175 e. The second-order valence-electron chi connectivity index (χ2n) is 6.58. The van der Waals surface area contributed by atoms with E-state index in [1.54, 1.807) is 30.0 Å². The van der Waals surface area contributed by atoms with E-state index in [1.807, 2.05) is 24.3 Å². The number of nitrogens with two attached hydrogens (primary N) is 1. The van der Waals surface area contributed by atoms with Crippen LogP contribution in [0.5, 0.6) is 0 Å². The van der Waals surface area contributed by atoms with Gasteiger partial charge in [-0.3, -0.25) is 0 Å². The number of hydrogen-bond acceptors (Lipinski definition) is 4. The molecule has 1 unspecified atom stereocenters. The highest BCUT2D eigenvalue weighted by atomic mass is 35.5. The van der Waals surface area contributed by atoms with Crippen LogP contribution >= 0.6 is 23.4 Å². The van der Waals surface area contributed by atoms with Crippen LogP contribution in [0.25, 0.3) is 0 Å². The molecule has 5 heteroatoms. The van der Waals surface area contributed by atoms with E-state index in [9.17, 15) is 5.11 Å². The summed E-state index contributed by atoms with van der Waals surface area (Å²) < 4.78 is 0.00807. The standard InChI is InChI=1S/C18H19ClN2OS/c1-17(2,3)23-15-7-5-4-6-12(15)18(22)13-10-11(19)8-9-14(13)21-16(18)20/h4-10,22H,1-3H3,(H2,20,21). The molecule has 0 radical (unpaired) electrons. The zero-order chi connectivity index (χ0) is 16.8. The third-order valence-electron chi connectivity index (χ3n) is 3.65. The van der Waals surface area contributed by atoms with Crippen molar-refractivity contribution in [1.29, 1.82) is 0 Å². The third-order valence-corrected chi connectivity index (χ3v) is 5.08. The third kappa shape index (κ3) is 2.87. The van der Waals surface area contributed by atoms with Gasteiger partial charge in [-0.15, -0.1) is 11.8 Å². The fraction of sp³-hybridized carbons (Fsp3) is 0.278. The Bertz CT molecular complexity index is 798. The topological polar surface area (TPSA) is 58.6 Å². The molecule has 1 aliphatic rings. The summed E-state index contributed by atoms with van der Waals surface area (Å²) in [6, 6.07) is 13.0. The first-order chi connectivity index (χ1) is 10.7. The number of benzene rings is 2. The first-order valence-corrected chi connectivity index (χ1v) is 8.57. The van der Waals surface area contributed by atoms with E-state index >= 15 is 0 Å². The van der Waals surface area contributed by atoms with Crippen LogP contribution in [-0.2, 0) is 5.60 Å². The Morgan fingerprint density at radius 2 is 1.83 bits per heavy atom. The van der Waals surface area contributed by atoms with Gasteiger partial charge in [0.05, 0.1) is 5.69 Å². The first kappa shape index (κ1) is 16.4. The van der Waals surface area contributed by atoms with Crippen molar-refractivity contribution in [1.82, 2.24) is 0 Å². The summed E-state index contributed by atoms with van der Waals surface area (Å²) in [7, 11) is 0. The fourth-order valence-corrected chi connectivity index (χ4v) is 4.02. The molecule has 0 amide bonds. The molecule has 1 aliphatic heterocycles. The van der Waals surface area contributed by atoms with Gasteiger partial charge in [-0.1, -0.05) is 50.6 Å². The van der Waals surface area contributed by atoms with Crippen molar-refractivity contribution in [3.8, 4) is 0 Å². The van der Waals surface area contributed by atoms with Crippen LogP contribution in [-0.4, -0.2) is 15.7 Å². The van der Waals surface area contributed by atoms with E-state index in [1.165, 1.54) is 0 Å². The molecule has 0 aromatic heterocycles. The Morgan fingerprint density at radius 3 is 2.52 bits per heavy atom. The number of thioether (sulfide) groups is 1. The molecule has 3 nitrogen and oxygen atoms in total. The highest BCUT2D eigenvalue weighted by Crippen LogP contribution is 2.47. The Hall–Kier alpha value is -1.49. The van der Waals surface area contributed by atoms with Gasteiger partial charge in [0.2, 0.25) is 0 Å². The molecule has 1 atom stereocenters. The minimum atomic E-state index is -1.45. The van der Waals surface area contributed by atoms with Crippen molar-refractivity contribution in [2.24, 2.45) is 10.7 Å². The average molecular weight is 347 g/mol. The second-order valence-corrected chi connectivity index (χ2v) is 8.88. The quantitative estimate of drug-likeness (QED) is 0.789. The SMILES string of the molecule is CC(C)(C)Sc1ccccc1C1(O)C(N)=Nc2ccc(Cl)cc21. The number of fused-ring (bicyclic) bond motifs is 1. The van der Waals surface area contributed by atoms with Gasteiger partial charge >= 0.3 is 0 Å². The van der Waals surface area contributed by atoms with Gasteiger partial charge < -0.3 is 10.8 Å². The van der Waals surface area contributed by atoms with Gasteiger partial charge in [-0.25, -0.2) is 4.99 Å². The molecule has 1 heterocycles. The molecule has 0 bridgehead atoms. The van der Waals surface area contributed by atoms with Crippen molar-refractivity contribution < 1.29 is 5.11 Å². The molecule has 0 saturated heterocycles. The monoisotopic (exact) mass is 346 g/mol. The fourth-order valence-electron chi connectivity index (χ4n) is 2.71. The van der Waals surface area contributed by atoms with E-state index in [0.29, 0.717) is 16.3 Å². The molecule has 0 fully saturated rings. The van der Waals surface area contributed by atoms with E-state index in [0.717, 1.165) is 10.5 Å². The molecule has 2 aromatic rings. The Morgan fingerprint density at radius 1 is 1.13 bits per heavy atom. The molecule has 3 N–H and O–H groups in total. The number of aliphatic hydroxyl groups is 1. The Labute approximate surface area is 145 Å². The van der Waals surface area contributed by atoms with Crippen molar-refractivity contribution in [2.75, 3.05) is 0 Å². The van der Waals surface area contributed by atoms with Crippen LogP contribution < -0.4 is 5.73 Å². The number of amidine groups is 1. The van der Waals surface area contributed by atoms with E-state index in [2.05, 4.69) is 25.8 Å². The second kappa shape index (κ2) is 5.55. The van der Waals surface area contributed by atoms with Crippen molar-refractivity contribution in [3.05, 3.63) is 58.6 Å². The molecular weight excluding hydrogens is 328 g/mol. The highest BCUT2D eigenvalue weighted by Gasteiger charge is 2.44. The predicted octanol–water partition coefficient (Wildman–Crippen LogP) is 4.47. The lowest BCUT2D eigenvalue weighted by Crippen LogP contribution is -2.40. The van der Waals surface area contributed by atoms with Crippen molar-refractivity contribution in [2.45, 2.75) is 36.0 Å². The summed E-state index contributed by atoms with van der Waals surface area (Å²) in [5, 5.41) is 12.0. The van der Waals surface area contributed by atoms with Gasteiger partial charge in [-0.05, 0) is 24.3 Å². The maximum absolute atomic E-state index is 11.5. The maximum atomic E-state index is 11.5. The summed E-state index contributed by atoms with van der Waals surface area (Å²) in [5.74, 6) is 0.178. The number of hydrogen-bond donors (Lipinski definition) is 2. The van der Waals surface area contributed by atoms with E-state index < -0.39 is 5.60 Å². The normalized spacial score (nSPS) is 20.3. The van der Waals surface area contributed by atoms with Gasteiger partial charge in [0.1, 0.15) is 5.84 Å². The number of nitrogens with zero attached hydrogens (tertiary/aromatic N) is 1. The van der Waals surface area contributed by atoms with Crippen LogP contribution in [0.15, 0.2) is 52.4 Å². The van der Waals surface area contributed by atoms with Gasteiger partial charge in [0.25, 0.3) is 0 Å². The van der Waals surface area contributed by atoms with E-state index in [-0.39, 0.29) is 10.6 Å². The number of rotatable bonds is 2. The molecule has 0 spiro atoms. The summed E-state index contributed by atoms with van der Waals surface area (Å²) in [4.78, 5) is 5.32. The minimum Gasteiger partial charge on any atom is -0.384 e. The summed E-state index contributed by atoms with van der Waals surface area (Å²) in [6.45, 7) is 6.40. The molecule has 2 aromatic carbocycles.